The molecule has 90 valence electrons. The molecule has 3 heteroatoms. The quantitative estimate of drug-likeness (QED) is 0.739. The minimum atomic E-state index is -0.242. The van der Waals surface area contributed by atoms with Crippen LogP contribution in [0, 0.1) is 29.6 Å². The molecule has 0 aromatic rings. The van der Waals surface area contributed by atoms with Crippen LogP contribution in [0.5, 0.6) is 0 Å². The Morgan fingerprint density at radius 3 is 2.12 bits per heavy atom. The third-order valence-electron chi connectivity index (χ3n) is 5.03. The summed E-state index contributed by atoms with van der Waals surface area (Å²) in [6.45, 7) is 0.651. The Morgan fingerprint density at radius 1 is 1.06 bits per heavy atom. The fraction of sp³-hybridized carbons (Fsp3) is 0.923. The van der Waals surface area contributed by atoms with Crippen LogP contribution < -0.4 is 5.73 Å². The Balaban J connectivity index is 1.61. The van der Waals surface area contributed by atoms with Gasteiger partial charge in [-0.05, 0) is 61.7 Å². The van der Waals surface area contributed by atoms with Crippen LogP contribution in [-0.4, -0.2) is 19.1 Å². The van der Waals surface area contributed by atoms with Crippen molar-refractivity contribution in [2.24, 2.45) is 35.3 Å². The number of esters is 1. The van der Waals surface area contributed by atoms with Crippen molar-refractivity contribution in [2.75, 3.05) is 13.2 Å². The molecule has 0 aromatic carbocycles. The highest BCUT2D eigenvalue weighted by molar-refractivity contribution is 5.71. The van der Waals surface area contributed by atoms with Crippen LogP contribution in [-0.2, 0) is 9.53 Å². The second kappa shape index (κ2) is 4.02. The lowest BCUT2D eigenvalue weighted by Gasteiger charge is -2.54. The molecular weight excluding hydrogens is 202 g/mol. The summed E-state index contributed by atoms with van der Waals surface area (Å²) in [4.78, 5) is 11.1. The zero-order chi connectivity index (χ0) is 11.1. The van der Waals surface area contributed by atoms with E-state index in [0.717, 1.165) is 23.7 Å². The zero-order valence-corrected chi connectivity index (χ0v) is 9.73. The summed E-state index contributed by atoms with van der Waals surface area (Å²) >= 11 is 0. The van der Waals surface area contributed by atoms with Crippen molar-refractivity contribution in [1.82, 2.24) is 0 Å². The molecule has 0 aliphatic heterocycles. The van der Waals surface area contributed by atoms with Crippen LogP contribution in [0.2, 0.25) is 0 Å². The van der Waals surface area contributed by atoms with Crippen molar-refractivity contribution in [2.45, 2.75) is 32.1 Å². The maximum absolute atomic E-state index is 11.1. The van der Waals surface area contributed by atoms with Gasteiger partial charge in [0.05, 0.1) is 13.2 Å². The number of nitrogens with two attached hydrogens (primary N) is 1. The summed E-state index contributed by atoms with van der Waals surface area (Å²) in [5.74, 6) is 4.05. The third kappa shape index (κ3) is 1.75. The lowest BCUT2D eigenvalue weighted by molar-refractivity contribution is -0.148. The average molecular weight is 223 g/mol. The summed E-state index contributed by atoms with van der Waals surface area (Å²) in [5.41, 5.74) is 5.26. The van der Waals surface area contributed by atoms with Gasteiger partial charge in [0.2, 0.25) is 0 Å². The first kappa shape index (κ1) is 10.6. The Kier molecular flexibility index (Phi) is 2.66. The van der Waals surface area contributed by atoms with E-state index in [9.17, 15) is 4.79 Å². The van der Waals surface area contributed by atoms with Crippen LogP contribution in [0.4, 0.5) is 0 Å². The first-order valence-corrected chi connectivity index (χ1v) is 6.62. The summed E-state index contributed by atoms with van der Waals surface area (Å²) in [6.07, 6.45) is 7.02. The first-order chi connectivity index (χ1) is 7.76. The molecule has 4 aliphatic rings. The van der Waals surface area contributed by atoms with Crippen LogP contribution in [0.15, 0.2) is 0 Å². The van der Waals surface area contributed by atoms with Gasteiger partial charge in [0.1, 0.15) is 0 Å². The molecule has 2 N–H and O–H groups in total. The zero-order valence-electron chi connectivity index (χ0n) is 9.73. The van der Waals surface area contributed by atoms with E-state index in [-0.39, 0.29) is 12.5 Å². The lowest BCUT2D eigenvalue weighted by atomic mass is 9.52. The monoisotopic (exact) mass is 223 g/mol. The summed E-state index contributed by atoms with van der Waals surface area (Å²) in [6, 6.07) is 0. The Labute approximate surface area is 96.7 Å². The van der Waals surface area contributed by atoms with Crippen LogP contribution in [0.3, 0.4) is 0 Å². The van der Waals surface area contributed by atoms with Gasteiger partial charge in [-0.3, -0.25) is 4.79 Å². The predicted molar refractivity (Wildman–Crippen MR) is 60.5 cm³/mol. The topological polar surface area (TPSA) is 52.3 Å². The van der Waals surface area contributed by atoms with Gasteiger partial charge in [-0.1, -0.05) is 0 Å². The maximum atomic E-state index is 11.1. The molecule has 0 radical (unpaired) electrons. The highest BCUT2D eigenvalue weighted by Crippen LogP contribution is 2.56. The molecule has 4 rings (SSSR count). The van der Waals surface area contributed by atoms with Crippen LogP contribution in [0.1, 0.15) is 32.1 Å². The number of carbonyl (C=O) groups excluding carboxylic acids is 1. The molecule has 4 aliphatic carbocycles. The van der Waals surface area contributed by atoms with Gasteiger partial charge in [0, 0.05) is 0 Å². The van der Waals surface area contributed by atoms with Crippen LogP contribution >= 0.6 is 0 Å². The van der Waals surface area contributed by atoms with Crippen molar-refractivity contribution in [3.05, 3.63) is 0 Å². The summed E-state index contributed by atoms with van der Waals surface area (Å²) in [5, 5.41) is 0. The van der Waals surface area contributed by atoms with Gasteiger partial charge in [-0.25, -0.2) is 0 Å². The van der Waals surface area contributed by atoms with Gasteiger partial charge < -0.3 is 10.5 Å². The Bertz CT molecular complexity index is 262. The molecule has 4 saturated carbocycles. The van der Waals surface area contributed by atoms with Gasteiger partial charge in [-0.2, -0.15) is 0 Å². The molecule has 4 bridgehead atoms. The molecule has 0 unspecified atom stereocenters. The number of ether oxygens (including phenoxy) is 1. The van der Waals surface area contributed by atoms with Crippen molar-refractivity contribution in [3.8, 4) is 0 Å². The van der Waals surface area contributed by atoms with Crippen LogP contribution in [0.25, 0.3) is 0 Å². The normalized spacial score (nSPS) is 44.7. The minimum Gasteiger partial charge on any atom is -0.464 e. The molecule has 0 atom stereocenters. The largest absolute Gasteiger partial charge is 0.464 e. The summed E-state index contributed by atoms with van der Waals surface area (Å²) < 4.78 is 5.25. The molecule has 4 fully saturated rings. The first-order valence-electron chi connectivity index (χ1n) is 6.62. The highest BCUT2D eigenvalue weighted by atomic mass is 16.5. The van der Waals surface area contributed by atoms with Crippen molar-refractivity contribution >= 4 is 5.97 Å². The number of hydrogen-bond acceptors (Lipinski definition) is 3. The molecule has 0 spiro atoms. The van der Waals surface area contributed by atoms with E-state index in [0.29, 0.717) is 12.5 Å². The second-order valence-corrected chi connectivity index (χ2v) is 5.98. The van der Waals surface area contributed by atoms with Gasteiger partial charge in [-0.15, -0.1) is 0 Å². The smallest absolute Gasteiger partial charge is 0.319 e. The maximum Gasteiger partial charge on any atom is 0.319 e. The average Bonchev–Trinajstić information content (AvgIpc) is 2.26. The van der Waals surface area contributed by atoms with E-state index >= 15 is 0 Å². The number of rotatable bonds is 3. The van der Waals surface area contributed by atoms with Crippen molar-refractivity contribution in [3.63, 3.8) is 0 Å². The van der Waals surface area contributed by atoms with E-state index in [2.05, 4.69) is 0 Å². The van der Waals surface area contributed by atoms with Gasteiger partial charge in [0.15, 0.2) is 0 Å². The third-order valence-corrected chi connectivity index (χ3v) is 5.03. The fourth-order valence-corrected chi connectivity index (χ4v) is 4.56. The molecule has 16 heavy (non-hydrogen) atoms. The summed E-state index contributed by atoms with van der Waals surface area (Å²) in [7, 11) is 0. The van der Waals surface area contributed by atoms with E-state index in [4.69, 9.17) is 10.5 Å². The Morgan fingerprint density at radius 2 is 1.62 bits per heavy atom. The van der Waals surface area contributed by atoms with Crippen molar-refractivity contribution < 1.29 is 9.53 Å². The minimum absolute atomic E-state index is 0.0211. The molecule has 0 saturated heterocycles. The molecule has 0 heterocycles. The Hall–Kier alpha value is -0.570. The van der Waals surface area contributed by atoms with E-state index in [1.807, 2.05) is 0 Å². The molecule has 0 aromatic heterocycles. The predicted octanol–water partition coefficient (Wildman–Crippen LogP) is 1.56. The SMILES string of the molecule is NCC(=O)OCC1C2CC3CC(C2)CC1C3. The molecule has 3 nitrogen and oxygen atoms in total. The standard InChI is InChI=1S/C13H21NO2/c14-6-13(15)16-7-12-10-2-8-1-9(4-10)5-11(12)3-8/h8-12H,1-7,14H2. The van der Waals surface area contributed by atoms with Crippen molar-refractivity contribution in [1.29, 1.82) is 0 Å². The highest BCUT2D eigenvalue weighted by Gasteiger charge is 2.48. The lowest BCUT2D eigenvalue weighted by Crippen LogP contribution is -2.47. The van der Waals surface area contributed by atoms with Gasteiger partial charge >= 0.3 is 5.97 Å². The number of hydrogen-bond donors (Lipinski definition) is 1. The molecular formula is C13H21NO2. The van der Waals surface area contributed by atoms with E-state index < -0.39 is 0 Å². The van der Waals surface area contributed by atoms with Gasteiger partial charge in [0.25, 0.3) is 0 Å². The fourth-order valence-electron chi connectivity index (χ4n) is 4.56. The number of carbonyl (C=O) groups is 1. The molecule has 0 amide bonds. The van der Waals surface area contributed by atoms with E-state index in [1.54, 1.807) is 0 Å². The van der Waals surface area contributed by atoms with E-state index in [1.165, 1.54) is 32.1 Å². The second-order valence-electron chi connectivity index (χ2n) is 5.98.